The van der Waals surface area contributed by atoms with Crippen molar-refractivity contribution < 1.29 is 14.3 Å². The van der Waals surface area contributed by atoms with Gasteiger partial charge in [-0.3, -0.25) is 0 Å². The number of amides is 3. The first-order chi connectivity index (χ1) is 6.68. The number of primary amides is 1. The van der Waals surface area contributed by atoms with E-state index in [1.54, 1.807) is 17.4 Å². The standard InChI is InChI=1S/C9H10N2O3/c10-8(12)11-9(13)14-6-7-4-2-1-3-5-7/h1-5H,6H2,(H3,10,11,12,13). The first kappa shape index (κ1) is 10.0. The maximum absolute atomic E-state index is 10.8. The second-order valence-electron chi connectivity index (χ2n) is 2.55. The van der Waals surface area contributed by atoms with E-state index in [4.69, 9.17) is 5.73 Å². The number of carbonyl (C=O) groups excluding carboxylic acids is 2. The molecule has 0 saturated heterocycles. The number of carbonyl (C=O) groups is 2. The van der Waals surface area contributed by atoms with Crippen LogP contribution in [0.15, 0.2) is 30.3 Å². The van der Waals surface area contributed by atoms with E-state index in [1.807, 2.05) is 18.2 Å². The molecule has 5 heteroatoms. The molecule has 0 aliphatic carbocycles. The van der Waals surface area contributed by atoms with Crippen LogP contribution >= 0.6 is 0 Å². The lowest BCUT2D eigenvalue weighted by atomic mass is 10.2. The van der Waals surface area contributed by atoms with Crippen molar-refractivity contribution in [3.63, 3.8) is 0 Å². The second kappa shape index (κ2) is 4.86. The van der Waals surface area contributed by atoms with Gasteiger partial charge in [0.2, 0.25) is 0 Å². The summed E-state index contributed by atoms with van der Waals surface area (Å²) < 4.78 is 4.69. The van der Waals surface area contributed by atoms with Crippen LogP contribution in [-0.2, 0) is 11.3 Å². The third-order valence-electron chi connectivity index (χ3n) is 1.44. The number of nitrogens with two attached hydrogens (primary N) is 1. The number of benzene rings is 1. The van der Waals surface area contributed by atoms with E-state index in [2.05, 4.69) is 4.74 Å². The highest BCUT2D eigenvalue weighted by molar-refractivity contribution is 5.89. The fourth-order valence-electron chi connectivity index (χ4n) is 0.860. The third-order valence-corrected chi connectivity index (χ3v) is 1.44. The van der Waals surface area contributed by atoms with Crippen molar-refractivity contribution in [2.45, 2.75) is 6.61 Å². The van der Waals surface area contributed by atoms with Gasteiger partial charge >= 0.3 is 12.1 Å². The van der Waals surface area contributed by atoms with Gasteiger partial charge in [-0.25, -0.2) is 14.9 Å². The minimum Gasteiger partial charge on any atom is -0.444 e. The zero-order valence-corrected chi connectivity index (χ0v) is 7.40. The first-order valence-corrected chi connectivity index (χ1v) is 3.95. The molecule has 1 rings (SSSR count). The highest BCUT2D eigenvalue weighted by Crippen LogP contribution is 2.00. The Bertz CT molecular complexity index is 324. The Balaban J connectivity index is 2.34. The molecule has 0 unspecified atom stereocenters. The van der Waals surface area contributed by atoms with Crippen LogP contribution in [0.4, 0.5) is 9.59 Å². The molecule has 0 aromatic heterocycles. The first-order valence-electron chi connectivity index (χ1n) is 3.95. The van der Waals surface area contributed by atoms with Gasteiger partial charge in [-0.2, -0.15) is 0 Å². The van der Waals surface area contributed by atoms with Gasteiger partial charge in [-0.1, -0.05) is 30.3 Å². The maximum atomic E-state index is 10.8. The topological polar surface area (TPSA) is 81.4 Å². The monoisotopic (exact) mass is 194 g/mol. The Morgan fingerprint density at radius 3 is 2.50 bits per heavy atom. The van der Waals surface area contributed by atoms with E-state index in [0.29, 0.717) is 0 Å². The van der Waals surface area contributed by atoms with Gasteiger partial charge in [0.25, 0.3) is 0 Å². The summed E-state index contributed by atoms with van der Waals surface area (Å²) in [6.45, 7) is 0.111. The Labute approximate surface area is 80.9 Å². The van der Waals surface area contributed by atoms with Crippen LogP contribution in [0, 0.1) is 0 Å². The lowest BCUT2D eigenvalue weighted by Crippen LogP contribution is -2.35. The fraction of sp³-hybridized carbons (Fsp3) is 0.111. The summed E-state index contributed by atoms with van der Waals surface area (Å²) in [6, 6.07) is 8.18. The Hall–Kier alpha value is -2.04. The van der Waals surface area contributed by atoms with Gasteiger partial charge in [-0.05, 0) is 5.56 Å². The van der Waals surface area contributed by atoms with Crippen LogP contribution < -0.4 is 11.1 Å². The fourth-order valence-corrected chi connectivity index (χ4v) is 0.860. The summed E-state index contributed by atoms with van der Waals surface area (Å²) in [6.07, 6.45) is -0.846. The van der Waals surface area contributed by atoms with Crippen LogP contribution in [0.25, 0.3) is 0 Å². The molecule has 0 atom stereocenters. The van der Waals surface area contributed by atoms with Crippen molar-refractivity contribution in [1.82, 2.24) is 5.32 Å². The van der Waals surface area contributed by atoms with Gasteiger partial charge in [0, 0.05) is 0 Å². The van der Waals surface area contributed by atoms with E-state index in [0.717, 1.165) is 5.56 Å². The summed E-state index contributed by atoms with van der Waals surface area (Å²) >= 11 is 0. The number of urea groups is 1. The molecule has 1 aromatic rings. The quantitative estimate of drug-likeness (QED) is 0.736. The summed E-state index contributed by atoms with van der Waals surface area (Å²) in [5, 5.41) is 1.79. The molecular formula is C9H10N2O3. The SMILES string of the molecule is NC(=O)NC(=O)OCc1ccccc1. The highest BCUT2D eigenvalue weighted by Gasteiger charge is 2.04. The van der Waals surface area contributed by atoms with Crippen LogP contribution in [0.5, 0.6) is 0 Å². The van der Waals surface area contributed by atoms with Crippen molar-refractivity contribution in [3.05, 3.63) is 35.9 Å². The van der Waals surface area contributed by atoms with Gasteiger partial charge in [0.1, 0.15) is 6.61 Å². The van der Waals surface area contributed by atoms with Crippen LogP contribution in [0.2, 0.25) is 0 Å². The van der Waals surface area contributed by atoms with E-state index < -0.39 is 12.1 Å². The number of rotatable bonds is 2. The molecule has 14 heavy (non-hydrogen) atoms. The van der Waals surface area contributed by atoms with Crippen molar-refractivity contribution in [1.29, 1.82) is 0 Å². The molecule has 0 heterocycles. The van der Waals surface area contributed by atoms with Crippen molar-refractivity contribution in [2.24, 2.45) is 5.73 Å². The second-order valence-corrected chi connectivity index (χ2v) is 2.55. The summed E-state index contributed by atoms with van der Waals surface area (Å²) in [5.41, 5.74) is 5.55. The van der Waals surface area contributed by atoms with E-state index in [-0.39, 0.29) is 6.61 Å². The van der Waals surface area contributed by atoms with Crippen molar-refractivity contribution >= 4 is 12.1 Å². The summed E-state index contributed by atoms with van der Waals surface area (Å²) in [4.78, 5) is 21.0. The zero-order chi connectivity index (χ0) is 10.4. The molecule has 1 aromatic carbocycles. The van der Waals surface area contributed by atoms with Gasteiger partial charge in [-0.15, -0.1) is 0 Å². The molecule has 5 nitrogen and oxygen atoms in total. The molecule has 0 radical (unpaired) electrons. The molecule has 3 amide bonds. The number of imide groups is 1. The van der Waals surface area contributed by atoms with E-state index >= 15 is 0 Å². The lowest BCUT2D eigenvalue weighted by Gasteiger charge is -2.03. The predicted octanol–water partition coefficient (Wildman–Crippen LogP) is 0.992. The van der Waals surface area contributed by atoms with Crippen LogP contribution in [0.3, 0.4) is 0 Å². The molecule has 0 aliphatic rings. The predicted molar refractivity (Wildman–Crippen MR) is 49.3 cm³/mol. The average molecular weight is 194 g/mol. The van der Waals surface area contributed by atoms with Gasteiger partial charge in [0.15, 0.2) is 0 Å². The number of alkyl carbamates (subject to hydrolysis) is 1. The Morgan fingerprint density at radius 2 is 1.93 bits per heavy atom. The number of hydrogen-bond acceptors (Lipinski definition) is 3. The molecule has 0 saturated carbocycles. The molecule has 0 fully saturated rings. The molecule has 74 valence electrons. The summed E-state index contributed by atoms with van der Waals surface area (Å²) in [7, 11) is 0. The average Bonchev–Trinajstić information content (AvgIpc) is 2.15. The molecule has 0 aliphatic heterocycles. The molecular weight excluding hydrogens is 184 g/mol. The Kier molecular flexibility index (Phi) is 3.49. The van der Waals surface area contributed by atoms with Gasteiger partial charge in [0.05, 0.1) is 0 Å². The normalized spacial score (nSPS) is 9.14. The zero-order valence-electron chi connectivity index (χ0n) is 7.40. The number of nitrogens with one attached hydrogen (secondary N) is 1. The van der Waals surface area contributed by atoms with E-state index in [9.17, 15) is 9.59 Å². The molecule has 0 bridgehead atoms. The number of hydrogen-bond donors (Lipinski definition) is 2. The molecule has 0 spiro atoms. The Morgan fingerprint density at radius 1 is 1.29 bits per heavy atom. The smallest absolute Gasteiger partial charge is 0.415 e. The number of ether oxygens (including phenoxy) is 1. The van der Waals surface area contributed by atoms with Crippen LogP contribution in [0.1, 0.15) is 5.56 Å². The summed E-state index contributed by atoms with van der Waals surface area (Å²) in [5.74, 6) is 0. The molecule has 3 N–H and O–H groups in total. The minimum atomic E-state index is -0.928. The lowest BCUT2D eigenvalue weighted by molar-refractivity contribution is 0.141. The largest absolute Gasteiger partial charge is 0.444 e. The van der Waals surface area contributed by atoms with Crippen molar-refractivity contribution in [2.75, 3.05) is 0 Å². The van der Waals surface area contributed by atoms with E-state index in [1.165, 1.54) is 0 Å². The minimum absolute atomic E-state index is 0.111. The highest BCUT2D eigenvalue weighted by atomic mass is 16.5. The third kappa shape index (κ3) is 3.57. The van der Waals surface area contributed by atoms with Gasteiger partial charge < -0.3 is 10.5 Å². The van der Waals surface area contributed by atoms with Crippen LogP contribution in [-0.4, -0.2) is 12.1 Å². The maximum Gasteiger partial charge on any atom is 0.415 e. The van der Waals surface area contributed by atoms with Crippen molar-refractivity contribution in [3.8, 4) is 0 Å².